The quantitative estimate of drug-likeness (QED) is 0.684. The van der Waals surface area contributed by atoms with Crippen molar-refractivity contribution in [2.75, 3.05) is 14.2 Å². The highest BCUT2D eigenvalue weighted by atomic mass is 16.5. The maximum Gasteiger partial charge on any atom is 0.337 e. The summed E-state index contributed by atoms with van der Waals surface area (Å²) in [6, 6.07) is 1.48. The van der Waals surface area contributed by atoms with E-state index >= 15 is 0 Å². The van der Waals surface area contributed by atoms with Crippen LogP contribution in [0.3, 0.4) is 0 Å². The lowest BCUT2D eigenvalue weighted by molar-refractivity contribution is -0.156. The average molecular weight is 227 g/mol. The van der Waals surface area contributed by atoms with Crippen molar-refractivity contribution in [2.24, 2.45) is 0 Å². The number of pyridine rings is 1. The van der Waals surface area contributed by atoms with Crippen molar-refractivity contribution in [3.8, 4) is 5.75 Å². The molecule has 88 valence electrons. The van der Waals surface area contributed by atoms with Crippen molar-refractivity contribution in [3.05, 3.63) is 24.0 Å². The van der Waals surface area contributed by atoms with Gasteiger partial charge in [0, 0.05) is 11.8 Å². The third-order valence-corrected chi connectivity index (χ3v) is 2.05. The van der Waals surface area contributed by atoms with E-state index in [1.165, 1.54) is 25.6 Å². The monoisotopic (exact) mass is 227 g/mol. The van der Waals surface area contributed by atoms with Gasteiger partial charge in [-0.2, -0.15) is 0 Å². The molecule has 0 saturated carbocycles. The van der Waals surface area contributed by atoms with Gasteiger partial charge in [-0.25, -0.2) is 4.79 Å². The number of rotatable bonds is 4. The van der Waals surface area contributed by atoms with Crippen molar-refractivity contribution >= 4 is 5.97 Å². The number of aromatic nitrogens is 1. The molecule has 2 atom stereocenters. The molecule has 0 fully saturated rings. The first-order valence-corrected chi connectivity index (χ1v) is 4.53. The summed E-state index contributed by atoms with van der Waals surface area (Å²) in [7, 11) is 2.58. The third-order valence-electron chi connectivity index (χ3n) is 2.05. The van der Waals surface area contributed by atoms with Crippen LogP contribution in [0.1, 0.15) is 11.7 Å². The highest BCUT2D eigenvalue weighted by Gasteiger charge is 2.26. The smallest absolute Gasteiger partial charge is 0.337 e. The van der Waals surface area contributed by atoms with E-state index in [0.717, 1.165) is 7.11 Å². The maximum absolute atomic E-state index is 11.0. The molecule has 0 amide bonds. The molecule has 0 aliphatic rings. The van der Waals surface area contributed by atoms with Crippen molar-refractivity contribution in [1.82, 2.24) is 4.98 Å². The van der Waals surface area contributed by atoms with Gasteiger partial charge in [-0.05, 0) is 6.07 Å². The molecule has 1 heterocycles. The molecule has 1 aromatic heterocycles. The van der Waals surface area contributed by atoms with E-state index in [1.54, 1.807) is 0 Å². The van der Waals surface area contributed by atoms with Crippen LogP contribution < -0.4 is 4.74 Å². The molecule has 0 spiro atoms. The van der Waals surface area contributed by atoms with Gasteiger partial charge in [0.1, 0.15) is 11.9 Å². The van der Waals surface area contributed by atoms with Crippen molar-refractivity contribution < 1.29 is 24.5 Å². The normalized spacial score (nSPS) is 14.0. The average Bonchev–Trinajstić information content (AvgIpc) is 2.36. The molecule has 0 aromatic carbocycles. The van der Waals surface area contributed by atoms with E-state index in [0.29, 0.717) is 5.75 Å². The highest BCUT2D eigenvalue weighted by Crippen LogP contribution is 2.20. The molecule has 6 heteroatoms. The van der Waals surface area contributed by atoms with Crippen molar-refractivity contribution in [2.45, 2.75) is 12.2 Å². The number of hydrogen-bond donors (Lipinski definition) is 2. The number of ether oxygens (including phenoxy) is 2. The van der Waals surface area contributed by atoms with Gasteiger partial charge in [0.25, 0.3) is 0 Å². The number of aliphatic hydroxyl groups excluding tert-OH is 2. The van der Waals surface area contributed by atoms with Crippen molar-refractivity contribution in [1.29, 1.82) is 0 Å². The Kier molecular flexibility index (Phi) is 4.21. The summed E-state index contributed by atoms with van der Waals surface area (Å²) in [6.07, 6.45) is -0.256. The third kappa shape index (κ3) is 2.68. The minimum absolute atomic E-state index is 0.275. The minimum Gasteiger partial charge on any atom is -0.495 e. The Bertz CT molecular complexity index is 368. The van der Waals surface area contributed by atoms with Crippen LogP contribution in [0.2, 0.25) is 0 Å². The topological polar surface area (TPSA) is 88.9 Å². The molecule has 0 bridgehead atoms. The second-order valence-electron chi connectivity index (χ2n) is 3.07. The zero-order valence-electron chi connectivity index (χ0n) is 8.95. The number of nitrogens with zero attached hydrogens (tertiary/aromatic N) is 1. The fourth-order valence-corrected chi connectivity index (χ4v) is 1.14. The lowest BCUT2D eigenvalue weighted by atomic mass is 10.1. The molecular formula is C10H13NO5. The number of methoxy groups -OCH3 is 2. The summed E-state index contributed by atoms with van der Waals surface area (Å²) < 4.78 is 9.21. The Labute approximate surface area is 92.5 Å². The summed E-state index contributed by atoms with van der Waals surface area (Å²) >= 11 is 0. The summed E-state index contributed by atoms with van der Waals surface area (Å²) in [6.45, 7) is 0. The summed E-state index contributed by atoms with van der Waals surface area (Å²) in [5.74, 6) is -0.482. The SMILES string of the molecule is COC(=O)C(O)C(O)c1cncc(OC)c1. The van der Waals surface area contributed by atoms with Gasteiger partial charge in [-0.3, -0.25) is 4.98 Å². The Morgan fingerprint density at radius 2 is 2.06 bits per heavy atom. The zero-order valence-corrected chi connectivity index (χ0v) is 8.95. The predicted molar refractivity (Wildman–Crippen MR) is 53.8 cm³/mol. The Balaban J connectivity index is 2.86. The molecule has 0 saturated heterocycles. The maximum atomic E-state index is 11.0. The molecule has 16 heavy (non-hydrogen) atoms. The molecular weight excluding hydrogens is 214 g/mol. The summed E-state index contributed by atoms with van der Waals surface area (Å²) in [5, 5.41) is 19.1. The number of esters is 1. The minimum atomic E-state index is -1.64. The van der Waals surface area contributed by atoms with Crippen LogP contribution in [0.25, 0.3) is 0 Å². The van der Waals surface area contributed by atoms with Crippen LogP contribution in [0.15, 0.2) is 18.5 Å². The van der Waals surface area contributed by atoms with E-state index in [9.17, 15) is 15.0 Å². The predicted octanol–water partition coefficient (Wildman–Crippen LogP) is -0.343. The van der Waals surface area contributed by atoms with E-state index in [2.05, 4.69) is 9.72 Å². The lowest BCUT2D eigenvalue weighted by Crippen LogP contribution is -2.29. The summed E-state index contributed by atoms with van der Waals surface area (Å²) in [5.41, 5.74) is 0.275. The van der Waals surface area contributed by atoms with Crippen LogP contribution in [0, 0.1) is 0 Å². The Morgan fingerprint density at radius 1 is 1.38 bits per heavy atom. The largest absolute Gasteiger partial charge is 0.495 e. The molecule has 1 aromatic rings. The van der Waals surface area contributed by atoms with E-state index in [4.69, 9.17) is 4.74 Å². The highest BCUT2D eigenvalue weighted by molar-refractivity contribution is 5.75. The van der Waals surface area contributed by atoms with Gasteiger partial charge in [0.05, 0.1) is 20.4 Å². The first-order chi connectivity index (χ1) is 7.60. The number of aliphatic hydroxyl groups is 2. The van der Waals surface area contributed by atoms with Gasteiger partial charge in [0.15, 0.2) is 6.10 Å². The lowest BCUT2D eigenvalue weighted by Gasteiger charge is -2.15. The molecule has 0 aliphatic heterocycles. The Morgan fingerprint density at radius 3 is 2.62 bits per heavy atom. The van der Waals surface area contributed by atoms with Crippen LogP contribution in [-0.2, 0) is 9.53 Å². The van der Waals surface area contributed by atoms with Crippen LogP contribution >= 0.6 is 0 Å². The van der Waals surface area contributed by atoms with E-state index in [1.807, 2.05) is 0 Å². The molecule has 0 radical (unpaired) electrons. The van der Waals surface area contributed by atoms with E-state index < -0.39 is 18.2 Å². The molecule has 2 unspecified atom stereocenters. The molecule has 6 nitrogen and oxygen atoms in total. The first kappa shape index (κ1) is 12.4. The van der Waals surface area contributed by atoms with Gasteiger partial charge in [-0.1, -0.05) is 0 Å². The van der Waals surface area contributed by atoms with Crippen LogP contribution in [0.5, 0.6) is 5.75 Å². The van der Waals surface area contributed by atoms with E-state index in [-0.39, 0.29) is 5.56 Å². The zero-order chi connectivity index (χ0) is 12.1. The fraction of sp³-hybridized carbons (Fsp3) is 0.400. The number of carbonyl (C=O) groups is 1. The second kappa shape index (κ2) is 5.43. The summed E-state index contributed by atoms with van der Waals surface area (Å²) in [4.78, 5) is 14.8. The van der Waals surface area contributed by atoms with Gasteiger partial charge < -0.3 is 19.7 Å². The molecule has 0 aliphatic carbocycles. The first-order valence-electron chi connectivity index (χ1n) is 4.53. The number of hydrogen-bond acceptors (Lipinski definition) is 6. The van der Waals surface area contributed by atoms with Gasteiger partial charge in [0.2, 0.25) is 0 Å². The fourth-order valence-electron chi connectivity index (χ4n) is 1.14. The van der Waals surface area contributed by atoms with Crippen molar-refractivity contribution in [3.63, 3.8) is 0 Å². The van der Waals surface area contributed by atoms with Gasteiger partial charge >= 0.3 is 5.97 Å². The molecule has 2 N–H and O–H groups in total. The second-order valence-corrected chi connectivity index (χ2v) is 3.07. The number of carbonyl (C=O) groups excluding carboxylic acids is 1. The standard InChI is InChI=1S/C10H13NO5/c1-15-7-3-6(4-11-5-7)8(12)9(13)10(14)16-2/h3-5,8-9,12-13H,1-2H3. The molecule has 1 rings (SSSR count). The Hall–Kier alpha value is -1.66. The van der Waals surface area contributed by atoms with Crippen LogP contribution in [-0.4, -0.2) is 41.5 Å². The van der Waals surface area contributed by atoms with Crippen LogP contribution in [0.4, 0.5) is 0 Å². The van der Waals surface area contributed by atoms with Gasteiger partial charge in [-0.15, -0.1) is 0 Å².